The predicted molar refractivity (Wildman–Crippen MR) is 115 cm³/mol. The summed E-state index contributed by atoms with van der Waals surface area (Å²) in [7, 11) is 3.29. The van der Waals surface area contributed by atoms with E-state index in [1.54, 1.807) is 14.2 Å². The molecule has 144 valence electrons. The zero-order valence-corrected chi connectivity index (χ0v) is 17.2. The molecular weight excluding hydrogens is 358 g/mol. The van der Waals surface area contributed by atoms with Crippen LogP contribution in [0, 0.1) is 6.92 Å². The Balaban J connectivity index is 1.66. The second-order valence-electron chi connectivity index (χ2n) is 6.82. The molecule has 3 rings (SSSR count). The zero-order valence-electron chi connectivity index (χ0n) is 16.4. The summed E-state index contributed by atoms with van der Waals surface area (Å²) in [6, 6.07) is 14.7. The van der Waals surface area contributed by atoms with Crippen molar-refractivity contribution in [2.24, 2.45) is 0 Å². The molecule has 0 aliphatic carbocycles. The van der Waals surface area contributed by atoms with Crippen molar-refractivity contribution in [3.8, 4) is 11.5 Å². The predicted octanol–water partition coefficient (Wildman–Crippen LogP) is 3.92. The maximum atomic E-state index is 5.66. The number of hydrogen-bond acceptors (Lipinski definition) is 4. The van der Waals surface area contributed by atoms with Crippen LogP contribution in [0.25, 0.3) is 0 Å². The summed E-state index contributed by atoms with van der Waals surface area (Å²) in [4.78, 5) is 4.66. The van der Waals surface area contributed by atoms with Gasteiger partial charge in [-0.15, -0.1) is 0 Å². The van der Waals surface area contributed by atoms with Gasteiger partial charge < -0.3 is 24.6 Å². The molecule has 0 saturated carbocycles. The highest BCUT2D eigenvalue weighted by Gasteiger charge is 2.25. The number of piperazine rings is 1. The third-order valence-corrected chi connectivity index (χ3v) is 5.26. The lowest BCUT2D eigenvalue weighted by molar-refractivity contribution is 0.342. The molecular formula is C21H27N3O2S. The fraction of sp³-hybridized carbons (Fsp3) is 0.381. The molecule has 1 fully saturated rings. The minimum atomic E-state index is 0.373. The second kappa shape index (κ2) is 8.48. The minimum absolute atomic E-state index is 0.373. The van der Waals surface area contributed by atoms with E-state index in [1.165, 1.54) is 11.3 Å². The number of rotatable bonds is 4. The molecule has 0 amide bonds. The molecule has 0 spiro atoms. The number of nitrogens with zero attached hydrogens (tertiary/aromatic N) is 2. The third-order valence-electron chi connectivity index (χ3n) is 4.90. The van der Waals surface area contributed by atoms with E-state index in [-0.39, 0.29) is 0 Å². The van der Waals surface area contributed by atoms with Gasteiger partial charge in [-0.3, -0.25) is 0 Å². The molecule has 0 radical (unpaired) electrons. The Kier molecular flexibility index (Phi) is 6.06. The van der Waals surface area contributed by atoms with Gasteiger partial charge in [-0.2, -0.15) is 0 Å². The van der Waals surface area contributed by atoms with Crippen molar-refractivity contribution in [3.05, 3.63) is 48.0 Å². The summed E-state index contributed by atoms with van der Waals surface area (Å²) in [5, 5.41) is 4.04. The van der Waals surface area contributed by atoms with Crippen LogP contribution in [-0.4, -0.2) is 49.9 Å². The lowest BCUT2D eigenvalue weighted by Gasteiger charge is -2.42. The fourth-order valence-electron chi connectivity index (χ4n) is 3.43. The Hall–Kier alpha value is -2.47. The molecule has 2 aromatic rings. The number of anilines is 2. The van der Waals surface area contributed by atoms with Gasteiger partial charge in [0.15, 0.2) is 5.11 Å². The van der Waals surface area contributed by atoms with Crippen LogP contribution in [0.5, 0.6) is 11.5 Å². The lowest BCUT2D eigenvalue weighted by atomic mass is 10.1. The molecule has 5 nitrogen and oxygen atoms in total. The topological polar surface area (TPSA) is 37.0 Å². The summed E-state index contributed by atoms with van der Waals surface area (Å²) in [6.45, 7) is 7.06. The molecule has 2 aromatic carbocycles. The molecule has 1 aliphatic rings. The molecule has 6 heteroatoms. The van der Waals surface area contributed by atoms with Crippen molar-refractivity contribution >= 4 is 28.7 Å². The van der Waals surface area contributed by atoms with Crippen molar-refractivity contribution in [2.45, 2.75) is 19.9 Å². The first-order chi connectivity index (χ1) is 13.0. The van der Waals surface area contributed by atoms with E-state index in [0.29, 0.717) is 16.9 Å². The van der Waals surface area contributed by atoms with Crippen LogP contribution in [0.3, 0.4) is 0 Å². The maximum absolute atomic E-state index is 5.66. The van der Waals surface area contributed by atoms with Gasteiger partial charge in [0.2, 0.25) is 0 Å². The standard InChI is InChI=1S/C21H27N3O2S/c1-15-6-5-7-17(12-15)24-11-10-23(14-16(24)2)21(27)22-19-9-8-18(25-3)13-20(19)26-4/h5-9,12-13,16H,10-11,14H2,1-4H3,(H,22,27). The van der Waals surface area contributed by atoms with E-state index in [9.17, 15) is 0 Å². The van der Waals surface area contributed by atoms with Gasteiger partial charge >= 0.3 is 0 Å². The van der Waals surface area contributed by atoms with Gasteiger partial charge in [0.1, 0.15) is 11.5 Å². The van der Waals surface area contributed by atoms with E-state index < -0.39 is 0 Å². The number of benzene rings is 2. The third kappa shape index (κ3) is 4.45. The van der Waals surface area contributed by atoms with Crippen LogP contribution in [0.4, 0.5) is 11.4 Å². The van der Waals surface area contributed by atoms with Crippen molar-refractivity contribution in [1.82, 2.24) is 4.90 Å². The largest absolute Gasteiger partial charge is 0.497 e. The monoisotopic (exact) mass is 385 g/mol. The first-order valence-corrected chi connectivity index (χ1v) is 9.54. The van der Waals surface area contributed by atoms with Crippen LogP contribution in [0.15, 0.2) is 42.5 Å². The average molecular weight is 386 g/mol. The highest BCUT2D eigenvalue weighted by molar-refractivity contribution is 7.80. The van der Waals surface area contributed by atoms with E-state index in [0.717, 1.165) is 31.1 Å². The lowest BCUT2D eigenvalue weighted by Crippen LogP contribution is -2.54. The maximum Gasteiger partial charge on any atom is 0.173 e. The molecule has 1 aliphatic heterocycles. The molecule has 1 saturated heterocycles. The SMILES string of the molecule is COc1ccc(NC(=S)N2CCN(c3cccc(C)c3)C(C)C2)c(OC)c1. The fourth-order valence-corrected chi connectivity index (χ4v) is 3.70. The van der Waals surface area contributed by atoms with Crippen LogP contribution in [0.2, 0.25) is 0 Å². The highest BCUT2D eigenvalue weighted by atomic mass is 32.1. The van der Waals surface area contributed by atoms with Crippen LogP contribution >= 0.6 is 12.2 Å². The first kappa shape index (κ1) is 19.3. The smallest absolute Gasteiger partial charge is 0.173 e. The minimum Gasteiger partial charge on any atom is -0.497 e. The number of hydrogen-bond donors (Lipinski definition) is 1. The number of aryl methyl sites for hydroxylation is 1. The number of ether oxygens (including phenoxy) is 2. The van der Waals surface area contributed by atoms with Gasteiger partial charge in [0.25, 0.3) is 0 Å². The van der Waals surface area contributed by atoms with Gasteiger partial charge in [-0.25, -0.2) is 0 Å². The van der Waals surface area contributed by atoms with E-state index in [4.69, 9.17) is 21.7 Å². The Labute approximate surface area is 166 Å². The van der Waals surface area contributed by atoms with Crippen molar-refractivity contribution in [3.63, 3.8) is 0 Å². The first-order valence-electron chi connectivity index (χ1n) is 9.13. The molecule has 27 heavy (non-hydrogen) atoms. The van der Waals surface area contributed by atoms with Crippen molar-refractivity contribution in [2.75, 3.05) is 44.1 Å². The quantitative estimate of drug-likeness (QED) is 0.804. The Bertz CT molecular complexity index is 812. The van der Waals surface area contributed by atoms with Gasteiger partial charge in [-0.1, -0.05) is 12.1 Å². The van der Waals surface area contributed by atoms with E-state index in [2.05, 4.69) is 53.2 Å². The van der Waals surface area contributed by atoms with Crippen molar-refractivity contribution in [1.29, 1.82) is 0 Å². The van der Waals surface area contributed by atoms with Crippen LogP contribution in [-0.2, 0) is 0 Å². The van der Waals surface area contributed by atoms with Gasteiger partial charge in [-0.05, 0) is 55.9 Å². The zero-order chi connectivity index (χ0) is 19.4. The molecule has 1 N–H and O–H groups in total. The second-order valence-corrected chi connectivity index (χ2v) is 7.21. The highest BCUT2D eigenvalue weighted by Crippen LogP contribution is 2.29. The van der Waals surface area contributed by atoms with Gasteiger partial charge in [0.05, 0.1) is 19.9 Å². The summed E-state index contributed by atoms with van der Waals surface area (Å²) in [6.07, 6.45) is 0. The molecule has 1 heterocycles. The normalized spacial score (nSPS) is 16.8. The average Bonchev–Trinajstić information content (AvgIpc) is 2.68. The van der Waals surface area contributed by atoms with Crippen LogP contribution < -0.4 is 19.7 Å². The van der Waals surface area contributed by atoms with Gasteiger partial charge in [0, 0.05) is 37.4 Å². The molecule has 0 aromatic heterocycles. The Morgan fingerprint density at radius 1 is 1.11 bits per heavy atom. The number of nitrogens with one attached hydrogen (secondary N) is 1. The molecule has 1 atom stereocenters. The van der Waals surface area contributed by atoms with Crippen LogP contribution in [0.1, 0.15) is 12.5 Å². The molecule has 0 bridgehead atoms. The van der Waals surface area contributed by atoms with E-state index in [1.807, 2.05) is 18.2 Å². The summed E-state index contributed by atoms with van der Waals surface area (Å²) in [5.74, 6) is 1.46. The molecule has 1 unspecified atom stereocenters. The number of thiocarbonyl (C=S) groups is 1. The number of methoxy groups -OCH3 is 2. The van der Waals surface area contributed by atoms with E-state index >= 15 is 0 Å². The Morgan fingerprint density at radius 2 is 1.93 bits per heavy atom. The Morgan fingerprint density at radius 3 is 2.59 bits per heavy atom. The van der Waals surface area contributed by atoms with Crippen molar-refractivity contribution < 1.29 is 9.47 Å². The summed E-state index contributed by atoms with van der Waals surface area (Å²) >= 11 is 5.66. The summed E-state index contributed by atoms with van der Waals surface area (Å²) in [5.41, 5.74) is 3.40. The summed E-state index contributed by atoms with van der Waals surface area (Å²) < 4.78 is 10.7.